The molecule has 0 fully saturated rings. The first-order valence-electron chi connectivity index (χ1n) is 2.63. The standard InChI is InChI=1S/C6H6O3S/c1-3-4(2-7)10-6(9)5(3)8/h2,8-9H,1H3. The second-order valence-electron chi connectivity index (χ2n) is 1.86. The van der Waals surface area contributed by atoms with Gasteiger partial charge in [-0.05, 0) is 6.92 Å². The van der Waals surface area contributed by atoms with Gasteiger partial charge in [-0.25, -0.2) is 0 Å². The third-order valence-electron chi connectivity index (χ3n) is 1.24. The van der Waals surface area contributed by atoms with Gasteiger partial charge in [-0.1, -0.05) is 11.3 Å². The SMILES string of the molecule is Cc1c(C=O)sc(O)c1O. The zero-order valence-corrected chi connectivity index (χ0v) is 6.10. The highest BCUT2D eigenvalue weighted by Gasteiger charge is 2.11. The molecule has 0 aliphatic carbocycles. The average Bonchev–Trinajstić information content (AvgIpc) is 2.17. The number of hydrogen-bond acceptors (Lipinski definition) is 4. The summed E-state index contributed by atoms with van der Waals surface area (Å²) in [7, 11) is 0. The Hall–Kier alpha value is -1.03. The lowest BCUT2D eigenvalue weighted by atomic mass is 10.3. The Morgan fingerprint density at radius 3 is 2.30 bits per heavy atom. The maximum Gasteiger partial charge on any atom is 0.215 e. The van der Waals surface area contributed by atoms with Crippen molar-refractivity contribution in [1.82, 2.24) is 0 Å². The Morgan fingerprint density at radius 2 is 2.10 bits per heavy atom. The minimum atomic E-state index is -0.195. The largest absolute Gasteiger partial charge is 0.503 e. The van der Waals surface area contributed by atoms with Gasteiger partial charge in [-0.3, -0.25) is 4.79 Å². The van der Waals surface area contributed by atoms with Crippen LogP contribution in [0, 0.1) is 6.92 Å². The van der Waals surface area contributed by atoms with Crippen LogP contribution in [0.3, 0.4) is 0 Å². The number of hydrogen-bond donors (Lipinski definition) is 2. The summed E-state index contributed by atoms with van der Waals surface area (Å²) in [6.45, 7) is 1.58. The average molecular weight is 158 g/mol. The molecule has 1 aromatic heterocycles. The van der Waals surface area contributed by atoms with E-state index in [1.165, 1.54) is 0 Å². The molecule has 1 rings (SSSR count). The van der Waals surface area contributed by atoms with Gasteiger partial charge in [0.15, 0.2) is 12.0 Å². The lowest BCUT2D eigenvalue weighted by Gasteiger charge is -1.86. The van der Waals surface area contributed by atoms with E-state index < -0.39 is 0 Å². The second kappa shape index (κ2) is 2.30. The smallest absolute Gasteiger partial charge is 0.215 e. The molecule has 4 heteroatoms. The van der Waals surface area contributed by atoms with Crippen LogP contribution >= 0.6 is 11.3 Å². The van der Waals surface area contributed by atoms with Gasteiger partial charge in [-0.15, -0.1) is 0 Å². The summed E-state index contributed by atoms with van der Waals surface area (Å²) in [6.07, 6.45) is 0.611. The van der Waals surface area contributed by atoms with E-state index in [2.05, 4.69) is 0 Å². The second-order valence-corrected chi connectivity index (χ2v) is 2.89. The van der Waals surface area contributed by atoms with Crippen LogP contribution in [0.4, 0.5) is 0 Å². The fourth-order valence-electron chi connectivity index (χ4n) is 0.619. The van der Waals surface area contributed by atoms with Crippen molar-refractivity contribution in [2.45, 2.75) is 6.92 Å². The summed E-state index contributed by atoms with van der Waals surface area (Å²) in [5, 5.41) is 17.6. The van der Waals surface area contributed by atoms with Gasteiger partial charge in [0.1, 0.15) is 0 Å². The molecule has 0 radical (unpaired) electrons. The monoisotopic (exact) mass is 158 g/mol. The third kappa shape index (κ3) is 0.863. The van der Waals surface area contributed by atoms with Gasteiger partial charge in [0.2, 0.25) is 5.06 Å². The van der Waals surface area contributed by atoms with Crippen LogP contribution in [0.25, 0.3) is 0 Å². The summed E-state index contributed by atoms with van der Waals surface area (Å²) < 4.78 is 0. The van der Waals surface area contributed by atoms with E-state index in [0.717, 1.165) is 11.3 Å². The highest BCUT2D eigenvalue weighted by molar-refractivity contribution is 7.15. The summed E-state index contributed by atoms with van der Waals surface area (Å²) in [5.74, 6) is -0.188. The normalized spacial score (nSPS) is 9.70. The van der Waals surface area contributed by atoms with Crippen molar-refractivity contribution in [3.05, 3.63) is 10.4 Å². The van der Waals surface area contributed by atoms with E-state index in [9.17, 15) is 4.79 Å². The molecule has 0 bridgehead atoms. The van der Waals surface area contributed by atoms with E-state index in [1.807, 2.05) is 0 Å². The number of thiophene rings is 1. The molecule has 0 aromatic carbocycles. The molecule has 0 aliphatic heterocycles. The van der Waals surface area contributed by atoms with E-state index in [1.54, 1.807) is 6.92 Å². The van der Waals surface area contributed by atoms with Crippen molar-refractivity contribution in [1.29, 1.82) is 0 Å². The van der Waals surface area contributed by atoms with E-state index in [-0.39, 0.29) is 10.8 Å². The number of carbonyl (C=O) groups excluding carboxylic acids is 1. The van der Waals surface area contributed by atoms with Crippen LogP contribution in [0.15, 0.2) is 0 Å². The predicted octanol–water partition coefficient (Wildman–Crippen LogP) is 1.28. The molecule has 2 N–H and O–H groups in total. The number of rotatable bonds is 1. The Morgan fingerprint density at radius 1 is 1.50 bits per heavy atom. The van der Waals surface area contributed by atoms with E-state index in [4.69, 9.17) is 10.2 Å². The molecular weight excluding hydrogens is 152 g/mol. The molecule has 0 atom stereocenters. The molecule has 10 heavy (non-hydrogen) atoms. The first kappa shape index (κ1) is 7.08. The van der Waals surface area contributed by atoms with Gasteiger partial charge in [-0.2, -0.15) is 0 Å². The number of aromatic hydroxyl groups is 2. The van der Waals surface area contributed by atoms with Crippen LogP contribution in [0.1, 0.15) is 15.2 Å². The van der Waals surface area contributed by atoms with Gasteiger partial charge < -0.3 is 10.2 Å². The first-order valence-corrected chi connectivity index (χ1v) is 3.45. The van der Waals surface area contributed by atoms with Crippen molar-refractivity contribution >= 4 is 17.6 Å². The number of aldehydes is 1. The molecule has 0 amide bonds. The predicted molar refractivity (Wildman–Crippen MR) is 37.8 cm³/mol. The zero-order valence-electron chi connectivity index (χ0n) is 5.29. The first-order chi connectivity index (χ1) is 4.66. The topological polar surface area (TPSA) is 57.5 Å². The molecule has 0 spiro atoms. The lowest BCUT2D eigenvalue weighted by Crippen LogP contribution is -1.74. The van der Waals surface area contributed by atoms with Gasteiger partial charge in [0.05, 0.1) is 4.88 Å². The minimum Gasteiger partial charge on any atom is -0.503 e. The molecule has 0 unspecified atom stereocenters. The molecule has 54 valence electrons. The summed E-state index contributed by atoms with van der Waals surface area (Å²) in [6, 6.07) is 0. The fraction of sp³-hybridized carbons (Fsp3) is 0.167. The van der Waals surface area contributed by atoms with Gasteiger partial charge >= 0.3 is 0 Å². The van der Waals surface area contributed by atoms with Crippen molar-refractivity contribution in [3.63, 3.8) is 0 Å². The Bertz CT molecular complexity index is 264. The van der Waals surface area contributed by atoms with Crippen molar-refractivity contribution in [3.8, 4) is 10.8 Å². The molecular formula is C6H6O3S. The van der Waals surface area contributed by atoms with Crippen LogP contribution in [0.2, 0.25) is 0 Å². The Labute approximate surface area is 61.6 Å². The lowest BCUT2D eigenvalue weighted by molar-refractivity contribution is 0.112. The highest BCUT2D eigenvalue weighted by atomic mass is 32.1. The summed E-state index contributed by atoms with van der Waals surface area (Å²) in [4.78, 5) is 10.6. The molecule has 0 saturated carbocycles. The summed E-state index contributed by atoms with van der Waals surface area (Å²) in [5.41, 5.74) is 0.442. The molecule has 0 saturated heterocycles. The van der Waals surface area contributed by atoms with Crippen molar-refractivity contribution in [2.75, 3.05) is 0 Å². The maximum atomic E-state index is 10.2. The molecule has 0 aliphatic rings. The van der Waals surface area contributed by atoms with Crippen molar-refractivity contribution < 1.29 is 15.0 Å². The number of carbonyl (C=O) groups is 1. The molecule has 1 heterocycles. The van der Waals surface area contributed by atoms with Gasteiger partial charge in [0, 0.05) is 5.56 Å². The molecule has 1 aromatic rings. The van der Waals surface area contributed by atoms with Crippen LogP contribution in [-0.2, 0) is 0 Å². The minimum absolute atomic E-state index is 0.188. The summed E-state index contributed by atoms with van der Waals surface area (Å²) >= 11 is 0.878. The van der Waals surface area contributed by atoms with Crippen molar-refractivity contribution in [2.24, 2.45) is 0 Å². The Kier molecular flexibility index (Phi) is 1.63. The maximum absolute atomic E-state index is 10.2. The third-order valence-corrected chi connectivity index (χ3v) is 2.25. The molecule has 3 nitrogen and oxygen atoms in total. The fourth-order valence-corrected chi connectivity index (χ4v) is 1.37. The van der Waals surface area contributed by atoms with Crippen LogP contribution in [0.5, 0.6) is 10.8 Å². The van der Waals surface area contributed by atoms with E-state index in [0.29, 0.717) is 16.7 Å². The quantitative estimate of drug-likeness (QED) is 0.605. The Balaban J connectivity index is 3.30. The van der Waals surface area contributed by atoms with Crippen LogP contribution < -0.4 is 0 Å². The zero-order chi connectivity index (χ0) is 7.72. The highest BCUT2D eigenvalue weighted by Crippen LogP contribution is 2.38. The van der Waals surface area contributed by atoms with Gasteiger partial charge in [0.25, 0.3) is 0 Å². The van der Waals surface area contributed by atoms with Crippen LogP contribution in [-0.4, -0.2) is 16.5 Å². The van der Waals surface area contributed by atoms with E-state index >= 15 is 0 Å².